The highest BCUT2D eigenvalue weighted by Gasteiger charge is 1.92. The van der Waals surface area contributed by atoms with Crippen molar-refractivity contribution in [2.75, 3.05) is 5.75 Å². The molecule has 14 heavy (non-hydrogen) atoms. The molecule has 0 aromatic heterocycles. The van der Waals surface area contributed by atoms with E-state index in [9.17, 15) is 0 Å². The van der Waals surface area contributed by atoms with Gasteiger partial charge in [-0.3, -0.25) is 0 Å². The molecular formula is C12H26OS. The second-order valence-electron chi connectivity index (χ2n) is 4.02. The van der Waals surface area contributed by atoms with Crippen LogP contribution in [0.3, 0.4) is 0 Å². The number of hydrogen-bond acceptors (Lipinski definition) is 2. The van der Waals surface area contributed by atoms with Gasteiger partial charge in [0.25, 0.3) is 0 Å². The predicted octanol–water partition coefficient (Wildman–Crippen LogP) is 5.11. The van der Waals surface area contributed by atoms with E-state index < -0.39 is 0 Å². The van der Waals surface area contributed by atoms with Crippen LogP contribution in [0.4, 0.5) is 0 Å². The van der Waals surface area contributed by atoms with Crippen molar-refractivity contribution in [1.29, 1.82) is 0 Å². The van der Waals surface area contributed by atoms with Crippen molar-refractivity contribution in [2.24, 2.45) is 0 Å². The van der Waals surface area contributed by atoms with Crippen molar-refractivity contribution in [3.8, 4) is 0 Å². The van der Waals surface area contributed by atoms with Crippen LogP contribution >= 0.6 is 12.0 Å². The lowest BCUT2D eigenvalue weighted by atomic mass is 10.1. The monoisotopic (exact) mass is 218 g/mol. The SMILES string of the molecule is CCCCCCCCCCCCSO. The minimum Gasteiger partial charge on any atom is -0.330 e. The summed E-state index contributed by atoms with van der Waals surface area (Å²) in [6, 6.07) is 0. The quantitative estimate of drug-likeness (QED) is 0.384. The Morgan fingerprint density at radius 2 is 1.14 bits per heavy atom. The molecule has 0 aromatic carbocycles. The summed E-state index contributed by atoms with van der Waals surface area (Å²) in [6.45, 7) is 2.26. The van der Waals surface area contributed by atoms with Gasteiger partial charge in [0.05, 0.1) is 0 Å². The lowest BCUT2D eigenvalue weighted by molar-refractivity contribution is 0.561. The Hall–Kier alpha value is 0.310. The van der Waals surface area contributed by atoms with Gasteiger partial charge in [0, 0.05) is 5.75 Å². The number of rotatable bonds is 11. The van der Waals surface area contributed by atoms with Crippen LogP contribution in [0.1, 0.15) is 71.1 Å². The highest BCUT2D eigenvalue weighted by atomic mass is 32.2. The molecular weight excluding hydrogens is 192 g/mol. The van der Waals surface area contributed by atoms with Crippen LogP contribution in [-0.4, -0.2) is 10.3 Å². The first-order valence-electron chi connectivity index (χ1n) is 6.18. The van der Waals surface area contributed by atoms with Crippen molar-refractivity contribution in [3.63, 3.8) is 0 Å². The molecule has 0 aliphatic heterocycles. The van der Waals surface area contributed by atoms with Crippen LogP contribution in [-0.2, 0) is 0 Å². The smallest absolute Gasteiger partial charge is 0.0195 e. The molecule has 0 saturated heterocycles. The van der Waals surface area contributed by atoms with E-state index in [0.717, 1.165) is 17.8 Å². The Morgan fingerprint density at radius 3 is 1.57 bits per heavy atom. The Balaban J connectivity index is 2.78. The predicted molar refractivity (Wildman–Crippen MR) is 66.9 cm³/mol. The topological polar surface area (TPSA) is 20.2 Å². The summed E-state index contributed by atoms with van der Waals surface area (Å²) in [4.78, 5) is 0. The van der Waals surface area contributed by atoms with Crippen molar-refractivity contribution in [1.82, 2.24) is 0 Å². The summed E-state index contributed by atoms with van der Waals surface area (Å²) in [5.41, 5.74) is 0. The summed E-state index contributed by atoms with van der Waals surface area (Å²) in [6.07, 6.45) is 13.7. The van der Waals surface area contributed by atoms with Crippen molar-refractivity contribution in [2.45, 2.75) is 71.1 Å². The average Bonchev–Trinajstić information content (AvgIpc) is 2.21. The fraction of sp³-hybridized carbons (Fsp3) is 1.00. The molecule has 0 aliphatic rings. The fourth-order valence-corrected chi connectivity index (χ4v) is 1.99. The van der Waals surface area contributed by atoms with Crippen LogP contribution in [0.15, 0.2) is 0 Å². The highest BCUT2D eigenvalue weighted by molar-refractivity contribution is 7.93. The minimum atomic E-state index is 0.913. The lowest BCUT2D eigenvalue weighted by Gasteiger charge is -2.01. The van der Waals surface area contributed by atoms with Gasteiger partial charge >= 0.3 is 0 Å². The summed E-state index contributed by atoms with van der Waals surface area (Å²) in [7, 11) is 0. The molecule has 2 heteroatoms. The third-order valence-electron chi connectivity index (χ3n) is 2.59. The second-order valence-corrected chi connectivity index (χ2v) is 4.68. The summed E-state index contributed by atoms with van der Waals surface area (Å²) in [5.74, 6) is 0.913. The Labute approximate surface area is 93.9 Å². The number of hydrogen-bond donors (Lipinski definition) is 1. The van der Waals surface area contributed by atoms with Gasteiger partial charge in [0.1, 0.15) is 0 Å². The summed E-state index contributed by atoms with van der Waals surface area (Å²) < 4.78 is 8.51. The maximum atomic E-state index is 8.51. The van der Waals surface area contributed by atoms with E-state index in [1.54, 1.807) is 0 Å². The van der Waals surface area contributed by atoms with E-state index >= 15 is 0 Å². The molecule has 0 fully saturated rings. The molecule has 0 saturated carbocycles. The third-order valence-corrected chi connectivity index (χ3v) is 3.06. The molecule has 86 valence electrons. The highest BCUT2D eigenvalue weighted by Crippen LogP contribution is 2.11. The van der Waals surface area contributed by atoms with Crippen LogP contribution in [0.25, 0.3) is 0 Å². The fourth-order valence-electron chi connectivity index (χ4n) is 1.65. The van der Waals surface area contributed by atoms with Gasteiger partial charge in [-0.1, -0.05) is 64.7 Å². The van der Waals surface area contributed by atoms with E-state index in [-0.39, 0.29) is 0 Å². The number of unbranched alkanes of at least 4 members (excludes halogenated alkanes) is 9. The molecule has 0 unspecified atom stereocenters. The minimum absolute atomic E-state index is 0.913. The van der Waals surface area contributed by atoms with Gasteiger partial charge in [-0.05, 0) is 18.5 Å². The zero-order valence-corrected chi connectivity index (χ0v) is 10.5. The van der Waals surface area contributed by atoms with Crippen LogP contribution < -0.4 is 0 Å². The second kappa shape index (κ2) is 13.3. The average molecular weight is 218 g/mol. The van der Waals surface area contributed by atoms with E-state index in [0.29, 0.717) is 0 Å². The lowest BCUT2D eigenvalue weighted by Crippen LogP contribution is -1.83. The van der Waals surface area contributed by atoms with Crippen LogP contribution in [0.5, 0.6) is 0 Å². The Morgan fingerprint density at radius 1 is 0.714 bits per heavy atom. The molecule has 0 bridgehead atoms. The van der Waals surface area contributed by atoms with Gasteiger partial charge in [0.15, 0.2) is 0 Å². The molecule has 0 amide bonds. The molecule has 0 radical (unpaired) electrons. The van der Waals surface area contributed by atoms with Gasteiger partial charge in [-0.15, -0.1) is 0 Å². The van der Waals surface area contributed by atoms with E-state index in [2.05, 4.69) is 6.92 Å². The van der Waals surface area contributed by atoms with Gasteiger partial charge in [-0.2, -0.15) is 0 Å². The van der Waals surface area contributed by atoms with Crippen molar-refractivity contribution in [3.05, 3.63) is 0 Å². The third kappa shape index (κ3) is 12.3. The van der Waals surface area contributed by atoms with E-state index in [4.69, 9.17) is 4.55 Å². The first kappa shape index (κ1) is 14.3. The van der Waals surface area contributed by atoms with E-state index in [1.165, 1.54) is 64.2 Å². The molecule has 1 nitrogen and oxygen atoms in total. The maximum absolute atomic E-state index is 8.51. The van der Waals surface area contributed by atoms with Crippen molar-refractivity contribution >= 4 is 12.0 Å². The molecule has 0 atom stereocenters. The van der Waals surface area contributed by atoms with Gasteiger partial charge in [-0.25, -0.2) is 0 Å². The van der Waals surface area contributed by atoms with Crippen LogP contribution in [0.2, 0.25) is 0 Å². The normalized spacial score (nSPS) is 10.7. The van der Waals surface area contributed by atoms with Crippen molar-refractivity contribution < 1.29 is 4.55 Å². The largest absolute Gasteiger partial charge is 0.330 e. The molecule has 0 spiro atoms. The molecule has 0 aromatic rings. The molecule has 0 rings (SSSR count). The molecule has 0 aliphatic carbocycles. The van der Waals surface area contributed by atoms with Gasteiger partial charge < -0.3 is 4.55 Å². The first-order valence-corrected chi connectivity index (χ1v) is 7.12. The molecule has 1 N–H and O–H groups in total. The first-order chi connectivity index (χ1) is 6.91. The zero-order valence-electron chi connectivity index (χ0n) is 9.63. The Bertz CT molecular complexity index is 84.3. The van der Waals surface area contributed by atoms with Crippen LogP contribution in [0, 0.1) is 0 Å². The zero-order chi connectivity index (χ0) is 10.5. The summed E-state index contributed by atoms with van der Waals surface area (Å²) >= 11 is 0.979. The maximum Gasteiger partial charge on any atom is 0.0195 e. The van der Waals surface area contributed by atoms with E-state index in [1.807, 2.05) is 0 Å². The Kier molecular flexibility index (Phi) is 13.6. The standard InChI is InChI=1S/C12H26OS/c1-2-3-4-5-6-7-8-9-10-11-12-14-13/h13H,2-12H2,1H3. The summed E-state index contributed by atoms with van der Waals surface area (Å²) in [5, 5.41) is 0. The molecule has 0 heterocycles. The van der Waals surface area contributed by atoms with Gasteiger partial charge in [0.2, 0.25) is 0 Å².